The van der Waals surface area contributed by atoms with Crippen molar-refractivity contribution in [3.8, 4) is 5.69 Å². The van der Waals surface area contributed by atoms with Gasteiger partial charge in [-0.1, -0.05) is 53.7 Å². The van der Waals surface area contributed by atoms with E-state index in [2.05, 4.69) is 10.4 Å². The SMILES string of the molecule is Cc1ccc2nc(SCC(=O)NN3C(=O)c4ccccc4C3=O)n(-c3ccccc3)c(=O)c2c1. The lowest BCUT2D eigenvalue weighted by molar-refractivity contribution is -0.121. The van der Waals surface area contributed by atoms with Crippen molar-refractivity contribution >= 4 is 40.4 Å². The molecule has 0 atom stereocenters. The third-order valence-corrected chi connectivity index (χ3v) is 6.31. The highest BCUT2D eigenvalue weighted by Gasteiger charge is 2.36. The summed E-state index contributed by atoms with van der Waals surface area (Å²) in [7, 11) is 0. The van der Waals surface area contributed by atoms with E-state index >= 15 is 0 Å². The van der Waals surface area contributed by atoms with Gasteiger partial charge in [0.15, 0.2) is 5.16 Å². The topological polar surface area (TPSA) is 101 Å². The van der Waals surface area contributed by atoms with Crippen molar-refractivity contribution in [2.45, 2.75) is 12.1 Å². The molecule has 34 heavy (non-hydrogen) atoms. The number of benzene rings is 3. The summed E-state index contributed by atoms with van der Waals surface area (Å²) in [5, 5.41) is 1.52. The number of aromatic nitrogens is 2. The largest absolute Gasteiger partial charge is 0.280 e. The van der Waals surface area contributed by atoms with Crippen LogP contribution in [0, 0.1) is 6.92 Å². The first-order valence-corrected chi connectivity index (χ1v) is 11.4. The van der Waals surface area contributed by atoms with Crippen LogP contribution in [0.1, 0.15) is 26.3 Å². The molecule has 0 radical (unpaired) electrons. The molecule has 0 saturated carbocycles. The number of thioether (sulfide) groups is 1. The van der Waals surface area contributed by atoms with Crippen LogP contribution in [0.15, 0.2) is 82.7 Å². The molecule has 2 heterocycles. The van der Waals surface area contributed by atoms with Gasteiger partial charge in [0.2, 0.25) is 5.91 Å². The van der Waals surface area contributed by atoms with E-state index in [4.69, 9.17) is 0 Å². The van der Waals surface area contributed by atoms with Crippen molar-refractivity contribution in [3.05, 3.63) is 99.8 Å². The second-order valence-corrected chi connectivity index (χ2v) is 8.65. The van der Waals surface area contributed by atoms with Crippen LogP contribution in [0.5, 0.6) is 0 Å². The van der Waals surface area contributed by atoms with Crippen molar-refractivity contribution in [1.82, 2.24) is 20.0 Å². The monoisotopic (exact) mass is 470 g/mol. The fourth-order valence-electron chi connectivity index (χ4n) is 3.76. The fourth-order valence-corrected chi connectivity index (χ4v) is 4.56. The predicted molar refractivity (Wildman–Crippen MR) is 128 cm³/mol. The van der Waals surface area contributed by atoms with Crippen LogP contribution in [0.25, 0.3) is 16.6 Å². The molecule has 0 spiro atoms. The minimum Gasteiger partial charge on any atom is -0.272 e. The van der Waals surface area contributed by atoms with E-state index in [-0.39, 0.29) is 22.4 Å². The van der Waals surface area contributed by atoms with E-state index in [0.717, 1.165) is 17.3 Å². The molecule has 4 aromatic rings. The highest BCUT2D eigenvalue weighted by atomic mass is 32.2. The average molecular weight is 471 g/mol. The number of aryl methyl sites for hydroxylation is 1. The maximum Gasteiger partial charge on any atom is 0.280 e. The van der Waals surface area contributed by atoms with E-state index in [0.29, 0.717) is 26.8 Å². The molecule has 5 rings (SSSR count). The van der Waals surface area contributed by atoms with Crippen LogP contribution in [-0.4, -0.2) is 38.0 Å². The van der Waals surface area contributed by atoms with Gasteiger partial charge in [-0.05, 0) is 43.3 Å². The molecule has 0 unspecified atom stereocenters. The lowest BCUT2D eigenvalue weighted by atomic mass is 10.1. The molecule has 1 aromatic heterocycles. The number of carbonyl (C=O) groups excluding carboxylic acids is 3. The van der Waals surface area contributed by atoms with E-state index in [1.54, 1.807) is 36.4 Å². The van der Waals surface area contributed by atoms with Gasteiger partial charge in [0, 0.05) is 0 Å². The van der Waals surface area contributed by atoms with E-state index in [1.165, 1.54) is 16.7 Å². The molecular weight excluding hydrogens is 452 g/mol. The number of rotatable bonds is 5. The second kappa shape index (κ2) is 8.60. The number of fused-ring (bicyclic) bond motifs is 2. The van der Waals surface area contributed by atoms with Crippen LogP contribution >= 0.6 is 11.8 Å². The molecule has 1 aliphatic heterocycles. The van der Waals surface area contributed by atoms with Gasteiger partial charge in [-0.25, -0.2) is 4.98 Å². The van der Waals surface area contributed by atoms with E-state index < -0.39 is 17.7 Å². The van der Waals surface area contributed by atoms with Crippen molar-refractivity contribution in [2.24, 2.45) is 0 Å². The first-order valence-electron chi connectivity index (χ1n) is 10.4. The van der Waals surface area contributed by atoms with Gasteiger partial charge in [-0.2, -0.15) is 5.01 Å². The maximum atomic E-state index is 13.3. The van der Waals surface area contributed by atoms with Crippen LogP contribution in [0.3, 0.4) is 0 Å². The summed E-state index contributed by atoms with van der Waals surface area (Å²) in [5.41, 5.74) is 4.68. The number of hydrogen-bond acceptors (Lipinski definition) is 6. The van der Waals surface area contributed by atoms with Crippen LogP contribution in [0.4, 0.5) is 0 Å². The highest BCUT2D eigenvalue weighted by Crippen LogP contribution is 2.23. The Morgan fingerprint density at radius 3 is 2.24 bits per heavy atom. The summed E-state index contributed by atoms with van der Waals surface area (Å²) in [6, 6.07) is 20.8. The molecule has 0 saturated heterocycles. The van der Waals surface area contributed by atoms with Gasteiger partial charge in [-0.15, -0.1) is 0 Å². The minimum absolute atomic E-state index is 0.163. The number of hydrazine groups is 1. The maximum absolute atomic E-state index is 13.3. The van der Waals surface area contributed by atoms with Gasteiger partial charge >= 0.3 is 0 Å². The molecule has 1 aliphatic rings. The Morgan fingerprint density at radius 2 is 1.56 bits per heavy atom. The molecule has 3 amide bonds. The number of para-hydroxylation sites is 1. The third kappa shape index (κ3) is 3.75. The molecule has 0 fully saturated rings. The van der Waals surface area contributed by atoms with Crippen molar-refractivity contribution in [2.75, 3.05) is 5.75 Å². The average Bonchev–Trinajstić information content (AvgIpc) is 3.09. The fraction of sp³-hybridized carbons (Fsp3) is 0.0800. The molecule has 1 N–H and O–H groups in total. The number of amides is 3. The normalized spacial score (nSPS) is 12.8. The lowest BCUT2D eigenvalue weighted by Crippen LogP contribution is -2.46. The Labute approximate surface area is 198 Å². The Balaban J connectivity index is 1.42. The molecule has 0 aliphatic carbocycles. The van der Waals surface area contributed by atoms with Crippen LogP contribution in [0.2, 0.25) is 0 Å². The molecule has 0 bridgehead atoms. The Bertz CT molecular complexity index is 1500. The predicted octanol–water partition coefficient (Wildman–Crippen LogP) is 3.11. The zero-order valence-electron chi connectivity index (χ0n) is 18.0. The number of carbonyl (C=O) groups is 3. The first-order chi connectivity index (χ1) is 16.4. The van der Waals surface area contributed by atoms with E-state index in [1.807, 2.05) is 31.2 Å². The number of hydrogen-bond donors (Lipinski definition) is 1. The second-order valence-electron chi connectivity index (χ2n) is 7.71. The molecule has 3 aromatic carbocycles. The summed E-state index contributed by atoms with van der Waals surface area (Å²) in [5.74, 6) is -1.90. The number of nitrogens with one attached hydrogen (secondary N) is 1. The number of nitrogens with zero attached hydrogens (tertiary/aromatic N) is 3. The molecular formula is C25H18N4O4S. The molecule has 9 heteroatoms. The van der Waals surface area contributed by atoms with Crippen LogP contribution < -0.4 is 11.0 Å². The van der Waals surface area contributed by atoms with E-state index in [9.17, 15) is 19.2 Å². The standard InChI is InChI=1S/C25H18N4O4S/c1-15-11-12-20-19(13-15)22(31)28(16-7-3-2-4-8-16)25(26-20)34-14-21(30)27-29-23(32)17-9-5-6-10-18(17)24(29)33/h2-13H,14H2,1H3,(H,27,30). The minimum atomic E-state index is -0.584. The highest BCUT2D eigenvalue weighted by molar-refractivity contribution is 7.99. The quantitative estimate of drug-likeness (QED) is 0.273. The Morgan fingerprint density at radius 1 is 0.912 bits per heavy atom. The van der Waals surface area contributed by atoms with Gasteiger partial charge in [0.25, 0.3) is 17.4 Å². The summed E-state index contributed by atoms with van der Waals surface area (Å²) in [4.78, 5) is 55.6. The van der Waals surface area contributed by atoms with Gasteiger partial charge < -0.3 is 0 Å². The summed E-state index contributed by atoms with van der Waals surface area (Å²) in [6.07, 6.45) is 0. The first kappa shape index (κ1) is 21.6. The molecule has 168 valence electrons. The van der Waals surface area contributed by atoms with Gasteiger partial charge in [-0.3, -0.25) is 29.2 Å². The van der Waals surface area contributed by atoms with Crippen molar-refractivity contribution in [3.63, 3.8) is 0 Å². The van der Waals surface area contributed by atoms with Crippen molar-refractivity contribution < 1.29 is 14.4 Å². The van der Waals surface area contributed by atoms with Gasteiger partial charge in [0.1, 0.15) is 0 Å². The third-order valence-electron chi connectivity index (χ3n) is 5.37. The zero-order chi connectivity index (χ0) is 23.8. The Hall–Kier alpha value is -4.24. The smallest absolute Gasteiger partial charge is 0.272 e. The summed E-state index contributed by atoms with van der Waals surface area (Å²) < 4.78 is 1.46. The van der Waals surface area contributed by atoms with Crippen LogP contribution in [-0.2, 0) is 4.79 Å². The van der Waals surface area contributed by atoms with Gasteiger partial charge in [0.05, 0.1) is 33.5 Å². The molecule has 8 nitrogen and oxygen atoms in total. The summed E-state index contributed by atoms with van der Waals surface area (Å²) in [6.45, 7) is 1.90. The Kier molecular flexibility index (Phi) is 5.46. The van der Waals surface area contributed by atoms with Crippen molar-refractivity contribution in [1.29, 1.82) is 0 Å². The zero-order valence-corrected chi connectivity index (χ0v) is 18.8. The summed E-state index contributed by atoms with van der Waals surface area (Å²) >= 11 is 1.04. The lowest BCUT2D eigenvalue weighted by Gasteiger charge is -2.16. The number of imide groups is 1.